The number of carboxylic acids is 1. The molecule has 18 heavy (non-hydrogen) atoms. The third-order valence-electron chi connectivity index (χ3n) is 2.39. The van der Waals surface area contributed by atoms with Crippen molar-refractivity contribution in [1.29, 1.82) is 0 Å². The quantitative estimate of drug-likeness (QED) is 0.653. The van der Waals surface area contributed by atoms with Gasteiger partial charge in [0, 0.05) is 33.1 Å². The van der Waals surface area contributed by atoms with Crippen molar-refractivity contribution in [2.75, 3.05) is 14.1 Å². The predicted molar refractivity (Wildman–Crippen MR) is 62.6 cm³/mol. The van der Waals surface area contributed by atoms with Gasteiger partial charge in [0.2, 0.25) is 5.91 Å². The summed E-state index contributed by atoms with van der Waals surface area (Å²) in [5.74, 6) is -1.08. The Morgan fingerprint density at radius 2 is 2.22 bits per heavy atom. The van der Waals surface area contributed by atoms with E-state index >= 15 is 0 Å². The molecule has 0 aliphatic rings. The van der Waals surface area contributed by atoms with Gasteiger partial charge in [0.25, 0.3) is 0 Å². The molecule has 0 aromatic carbocycles. The first kappa shape index (κ1) is 14.1. The van der Waals surface area contributed by atoms with Gasteiger partial charge in [0.1, 0.15) is 6.04 Å². The van der Waals surface area contributed by atoms with Crippen LogP contribution in [0.1, 0.15) is 12.1 Å². The van der Waals surface area contributed by atoms with Crippen LogP contribution in [0.3, 0.4) is 0 Å². The standard InChI is InChI=1S/C10H17N5O3/c1-14(2)9(16)3-4-15-6-7(12-13-15)5-8(11)10(17)18/h6,8H,3-5,11H2,1-2H3,(H,17,18). The van der Waals surface area contributed by atoms with Crippen molar-refractivity contribution in [3.8, 4) is 0 Å². The van der Waals surface area contributed by atoms with Crippen molar-refractivity contribution in [3.05, 3.63) is 11.9 Å². The molecule has 0 fully saturated rings. The molecule has 1 unspecified atom stereocenters. The number of aryl methyl sites for hydroxylation is 1. The Morgan fingerprint density at radius 3 is 2.78 bits per heavy atom. The molecule has 1 rings (SSSR count). The molecule has 0 bridgehead atoms. The highest BCUT2D eigenvalue weighted by atomic mass is 16.4. The summed E-state index contributed by atoms with van der Waals surface area (Å²) in [4.78, 5) is 23.4. The number of carbonyl (C=O) groups is 2. The summed E-state index contributed by atoms with van der Waals surface area (Å²) >= 11 is 0. The molecule has 1 atom stereocenters. The van der Waals surface area contributed by atoms with E-state index < -0.39 is 12.0 Å². The average Bonchev–Trinajstić information content (AvgIpc) is 2.73. The molecule has 0 saturated carbocycles. The van der Waals surface area contributed by atoms with Gasteiger partial charge in [-0.25, -0.2) is 0 Å². The van der Waals surface area contributed by atoms with Crippen molar-refractivity contribution in [1.82, 2.24) is 19.9 Å². The van der Waals surface area contributed by atoms with Gasteiger partial charge in [-0.3, -0.25) is 14.3 Å². The van der Waals surface area contributed by atoms with Gasteiger partial charge >= 0.3 is 5.97 Å². The summed E-state index contributed by atoms with van der Waals surface area (Å²) < 4.78 is 1.51. The Morgan fingerprint density at radius 1 is 1.56 bits per heavy atom. The van der Waals surface area contributed by atoms with Crippen LogP contribution in [0.15, 0.2) is 6.20 Å². The van der Waals surface area contributed by atoms with Crippen LogP contribution in [0.4, 0.5) is 0 Å². The fourth-order valence-electron chi connectivity index (χ4n) is 1.29. The summed E-state index contributed by atoms with van der Waals surface area (Å²) in [6, 6.07) is -0.987. The van der Waals surface area contributed by atoms with Crippen molar-refractivity contribution in [2.45, 2.75) is 25.4 Å². The van der Waals surface area contributed by atoms with Gasteiger partial charge in [0.05, 0.1) is 12.2 Å². The summed E-state index contributed by atoms with van der Waals surface area (Å²) in [6.07, 6.45) is 2.05. The van der Waals surface area contributed by atoms with E-state index in [1.807, 2.05) is 0 Å². The van der Waals surface area contributed by atoms with Gasteiger partial charge in [-0.2, -0.15) is 0 Å². The number of hydrogen-bond donors (Lipinski definition) is 2. The lowest BCUT2D eigenvalue weighted by atomic mass is 10.2. The summed E-state index contributed by atoms with van der Waals surface area (Å²) in [5, 5.41) is 16.3. The smallest absolute Gasteiger partial charge is 0.320 e. The van der Waals surface area contributed by atoms with Crippen LogP contribution in [-0.4, -0.2) is 57.0 Å². The van der Waals surface area contributed by atoms with Gasteiger partial charge in [-0.1, -0.05) is 5.21 Å². The maximum atomic E-state index is 11.4. The number of nitrogens with zero attached hydrogens (tertiary/aromatic N) is 4. The summed E-state index contributed by atoms with van der Waals surface area (Å²) in [6.45, 7) is 0.409. The van der Waals surface area contributed by atoms with Crippen LogP contribution in [-0.2, 0) is 22.6 Å². The highest BCUT2D eigenvalue weighted by Crippen LogP contribution is 1.99. The number of rotatable bonds is 6. The Labute approximate surface area is 104 Å². The number of aromatic nitrogens is 3. The van der Waals surface area contributed by atoms with Gasteiger partial charge in [-0.05, 0) is 0 Å². The molecule has 0 aliphatic carbocycles. The molecule has 100 valence electrons. The second-order valence-corrected chi connectivity index (χ2v) is 4.16. The van der Waals surface area contributed by atoms with Crippen LogP contribution >= 0.6 is 0 Å². The minimum absolute atomic E-state index is 0.00529. The molecule has 1 amide bonds. The van der Waals surface area contributed by atoms with Gasteiger partial charge < -0.3 is 15.7 Å². The molecule has 1 aromatic heterocycles. The molecule has 8 nitrogen and oxygen atoms in total. The van der Waals surface area contributed by atoms with Crippen molar-refractivity contribution in [3.63, 3.8) is 0 Å². The summed E-state index contributed by atoms with van der Waals surface area (Å²) in [7, 11) is 3.36. The molecule has 0 radical (unpaired) electrons. The topological polar surface area (TPSA) is 114 Å². The number of carboxylic acid groups (broad SMARTS) is 1. The van der Waals surface area contributed by atoms with Crippen LogP contribution in [0.5, 0.6) is 0 Å². The maximum Gasteiger partial charge on any atom is 0.320 e. The number of aliphatic carboxylic acids is 1. The Bertz CT molecular complexity index is 429. The zero-order valence-electron chi connectivity index (χ0n) is 10.4. The van der Waals surface area contributed by atoms with Crippen molar-refractivity contribution < 1.29 is 14.7 Å². The van der Waals surface area contributed by atoms with E-state index in [4.69, 9.17) is 10.8 Å². The van der Waals surface area contributed by atoms with Crippen LogP contribution in [0.25, 0.3) is 0 Å². The zero-order chi connectivity index (χ0) is 13.7. The van der Waals surface area contributed by atoms with Gasteiger partial charge in [0.15, 0.2) is 0 Å². The number of amides is 1. The van der Waals surface area contributed by atoms with Crippen LogP contribution in [0.2, 0.25) is 0 Å². The fraction of sp³-hybridized carbons (Fsp3) is 0.600. The highest BCUT2D eigenvalue weighted by Gasteiger charge is 2.14. The van der Waals surface area contributed by atoms with E-state index in [1.165, 1.54) is 9.58 Å². The molecule has 1 aromatic rings. The van der Waals surface area contributed by atoms with Crippen molar-refractivity contribution >= 4 is 11.9 Å². The molecule has 0 saturated heterocycles. The molecule has 1 heterocycles. The van der Waals surface area contributed by atoms with Gasteiger partial charge in [-0.15, -0.1) is 5.10 Å². The minimum Gasteiger partial charge on any atom is -0.480 e. The zero-order valence-corrected chi connectivity index (χ0v) is 10.4. The number of carbonyl (C=O) groups excluding carboxylic acids is 1. The molecule has 0 aliphatic heterocycles. The van der Waals surface area contributed by atoms with E-state index in [2.05, 4.69) is 10.3 Å². The van der Waals surface area contributed by atoms with E-state index in [9.17, 15) is 9.59 Å². The second-order valence-electron chi connectivity index (χ2n) is 4.16. The highest BCUT2D eigenvalue weighted by molar-refractivity contribution is 5.75. The lowest BCUT2D eigenvalue weighted by molar-refractivity contribution is -0.138. The lowest BCUT2D eigenvalue weighted by Gasteiger charge is -2.09. The average molecular weight is 255 g/mol. The van der Waals surface area contributed by atoms with Crippen LogP contribution in [0, 0.1) is 0 Å². The molecule has 3 N–H and O–H groups in total. The fourth-order valence-corrected chi connectivity index (χ4v) is 1.29. The normalized spacial score (nSPS) is 12.2. The van der Waals surface area contributed by atoms with E-state index in [0.29, 0.717) is 18.7 Å². The first-order valence-corrected chi connectivity index (χ1v) is 5.47. The predicted octanol–water partition coefficient (Wildman–Crippen LogP) is -1.29. The molecule has 0 spiro atoms. The van der Waals surface area contributed by atoms with E-state index in [1.54, 1.807) is 20.3 Å². The molecular weight excluding hydrogens is 238 g/mol. The molecular formula is C10H17N5O3. The number of hydrogen-bond acceptors (Lipinski definition) is 5. The monoisotopic (exact) mass is 255 g/mol. The van der Waals surface area contributed by atoms with E-state index in [0.717, 1.165) is 0 Å². The molecule has 8 heteroatoms. The first-order valence-electron chi connectivity index (χ1n) is 5.47. The van der Waals surface area contributed by atoms with E-state index in [-0.39, 0.29) is 12.3 Å². The largest absolute Gasteiger partial charge is 0.480 e. The second kappa shape index (κ2) is 6.10. The lowest BCUT2D eigenvalue weighted by Crippen LogP contribution is -2.32. The Balaban J connectivity index is 2.48. The third kappa shape index (κ3) is 4.13. The first-order chi connectivity index (χ1) is 8.40. The Kier molecular flexibility index (Phi) is 4.78. The Hall–Kier alpha value is -1.96. The third-order valence-corrected chi connectivity index (χ3v) is 2.39. The maximum absolute atomic E-state index is 11.4. The minimum atomic E-state index is -1.08. The number of nitrogens with two attached hydrogens (primary N) is 1. The SMILES string of the molecule is CN(C)C(=O)CCn1cc(CC(N)C(=O)O)nn1. The van der Waals surface area contributed by atoms with Crippen LogP contribution < -0.4 is 5.73 Å². The van der Waals surface area contributed by atoms with Crippen molar-refractivity contribution in [2.24, 2.45) is 5.73 Å². The summed E-state index contributed by atoms with van der Waals surface area (Å²) in [5.41, 5.74) is 5.88.